The molecule has 324 valence electrons. The molecule has 2 heterocycles. The van der Waals surface area contributed by atoms with Gasteiger partial charge in [-0.15, -0.1) is 0 Å². The highest BCUT2D eigenvalue weighted by Gasteiger charge is 2.39. The molecular formula is C50H53N7O6. The van der Waals surface area contributed by atoms with Crippen LogP contribution < -0.4 is 26.2 Å². The number of hydrogen-bond donors (Lipinski definition) is 4. The van der Waals surface area contributed by atoms with Crippen molar-refractivity contribution < 1.29 is 28.8 Å². The van der Waals surface area contributed by atoms with Gasteiger partial charge in [-0.2, -0.15) is 0 Å². The molecule has 63 heavy (non-hydrogen) atoms. The monoisotopic (exact) mass is 847 g/mol. The number of rotatable bonds is 15. The normalized spacial score (nSPS) is 16.7. The Morgan fingerprint density at radius 1 is 0.524 bits per heavy atom. The SMILES string of the molecule is CC(=O)N[C@@H](C(=O)N1CCC[C@H]1C(=O)Nc1ccc(CN(Cc2ccc(NC(=O)[C@@H]3CCCN3C(=O)[C@H](NC(C)=O)c3ccccc3)cc2)c2ccccc2)cc1)c1ccccc1. The summed E-state index contributed by atoms with van der Waals surface area (Å²) in [4.78, 5) is 84.2. The Hall–Kier alpha value is -7.28. The third-order valence-electron chi connectivity index (χ3n) is 11.4. The van der Waals surface area contributed by atoms with Gasteiger partial charge in [0.15, 0.2) is 0 Å². The first-order chi connectivity index (χ1) is 30.5. The van der Waals surface area contributed by atoms with Gasteiger partial charge >= 0.3 is 0 Å². The van der Waals surface area contributed by atoms with E-state index in [9.17, 15) is 28.8 Å². The van der Waals surface area contributed by atoms with Crippen molar-refractivity contribution in [1.82, 2.24) is 20.4 Å². The molecule has 0 unspecified atom stereocenters. The topological polar surface area (TPSA) is 160 Å². The van der Waals surface area contributed by atoms with E-state index in [1.165, 1.54) is 13.8 Å². The lowest BCUT2D eigenvalue weighted by Crippen LogP contribution is -2.48. The van der Waals surface area contributed by atoms with E-state index in [4.69, 9.17) is 0 Å². The number of para-hydroxylation sites is 1. The fourth-order valence-corrected chi connectivity index (χ4v) is 8.37. The van der Waals surface area contributed by atoms with Crippen LogP contribution in [0.2, 0.25) is 0 Å². The molecule has 2 aliphatic heterocycles. The second kappa shape index (κ2) is 20.5. The van der Waals surface area contributed by atoms with Crippen molar-refractivity contribution in [2.75, 3.05) is 28.6 Å². The zero-order chi connectivity index (χ0) is 44.3. The molecule has 2 fully saturated rings. The Labute approximate surface area is 367 Å². The summed E-state index contributed by atoms with van der Waals surface area (Å²) >= 11 is 0. The first kappa shape index (κ1) is 43.8. The highest BCUT2D eigenvalue weighted by Crippen LogP contribution is 2.28. The fraction of sp³-hybridized carbons (Fsp3) is 0.280. The Morgan fingerprint density at radius 3 is 1.25 bits per heavy atom. The van der Waals surface area contributed by atoms with Crippen LogP contribution in [0, 0.1) is 0 Å². The van der Waals surface area contributed by atoms with Gasteiger partial charge in [0.25, 0.3) is 0 Å². The second-order valence-corrected chi connectivity index (χ2v) is 16.0. The van der Waals surface area contributed by atoms with E-state index in [0.29, 0.717) is 74.4 Å². The molecule has 13 heteroatoms. The van der Waals surface area contributed by atoms with E-state index >= 15 is 0 Å². The van der Waals surface area contributed by atoms with Gasteiger partial charge in [0.1, 0.15) is 24.2 Å². The third kappa shape index (κ3) is 11.2. The first-order valence-electron chi connectivity index (χ1n) is 21.4. The molecule has 2 saturated heterocycles. The summed E-state index contributed by atoms with van der Waals surface area (Å²) in [7, 11) is 0. The van der Waals surface area contributed by atoms with Crippen LogP contribution in [0.25, 0.3) is 0 Å². The molecule has 5 aromatic carbocycles. The number of amides is 6. The number of hydrogen-bond acceptors (Lipinski definition) is 7. The van der Waals surface area contributed by atoms with Gasteiger partial charge in [0.05, 0.1) is 0 Å². The van der Waals surface area contributed by atoms with Crippen molar-refractivity contribution in [3.05, 3.63) is 162 Å². The van der Waals surface area contributed by atoms with Crippen molar-refractivity contribution in [3.63, 3.8) is 0 Å². The number of anilines is 3. The minimum absolute atomic E-state index is 0.276. The lowest BCUT2D eigenvalue weighted by atomic mass is 10.0. The molecule has 0 aromatic heterocycles. The highest BCUT2D eigenvalue weighted by atomic mass is 16.2. The number of carbonyl (C=O) groups excluding carboxylic acids is 6. The van der Waals surface area contributed by atoms with Gasteiger partial charge in [-0.25, -0.2) is 0 Å². The van der Waals surface area contributed by atoms with Crippen LogP contribution in [0.1, 0.15) is 73.9 Å². The lowest BCUT2D eigenvalue weighted by Gasteiger charge is -2.29. The van der Waals surface area contributed by atoms with E-state index in [1.54, 1.807) is 34.1 Å². The van der Waals surface area contributed by atoms with Crippen molar-refractivity contribution in [3.8, 4) is 0 Å². The minimum atomic E-state index is -0.883. The summed E-state index contributed by atoms with van der Waals surface area (Å²) < 4.78 is 0. The molecule has 13 nitrogen and oxygen atoms in total. The molecule has 5 aromatic rings. The Bertz CT molecular complexity index is 2230. The zero-order valence-corrected chi connectivity index (χ0v) is 35.5. The molecule has 4 atom stereocenters. The number of likely N-dealkylation sites (tertiary alicyclic amines) is 2. The van der Waals surface area contributed by atoms with E-state index < -0.39 is 24.2 Å². The summed E-state index contributed by atoms with van der Waals surface area (Å²) in [5, 5.41) is 11.5. The second-order valence-electron chi connectivity index (χ2n) is 16.0. The van der Waals surface area contributed by atoms with Crippen molar-refractivity contribution in [1.29, 1.82) is 0 Å². The number of benzene rings is 5. The van der Waals surface area contributed by atoms with Gasteiger partial charge in [-0.05, 0) is 84.3 Å². The maximum atomic E-state index is 13.8. The summed E-state index contributed by atoms with van der Waals surface area (Å²) in [6.45, 7) is 4.73. The Kier molecular flexibility index (Phi) is 14.3. The average Bonchev–Trinajstić information content (AvgIpc) is 4.01. The molecule has 4 N–H and O–H groups in total. The number of carbonyl (C=O) groups is 6. The molecule has 6 amide bonds. The summed E-state index contributed by atoms with van der Waals surface area (Å²) in [5.74, 6) is -1.84. The smallest absolute Gasteiger partial charge is 0.250 e. The predicted molar refractivity (Wildman–Crippen MR) is 242 cm³/mol. The quantitative estimate of drug-likeness (QED) is 0.0936. The third-order valence-corrected chi connectivity index (χ3v) is 11.4. The van der Waals surface area contributed by atoms with Crippen LogP contribution in [0.4, 0.5) is 17.1 Å². The average molecular weight is 848 g/mol. The van der Waals surface area contributed by atoms with E-state index in [0.717, 1.165) is 16.8 Å². The highest BCUT2D eigenvalue weighted by molar-refractivity contribution is 6.00. The largest absolute Gasteiger partial charge is 0.363 e. The van der Waals surface area contributed by atoms with Crippen LogP contribution in [0.5, 0.6) is 0 Å². The molecule has 0 radical (unpaired) electrons. The Balaban J connectivity index is 0.971. The van der Waals surface area contributed by atoms with E-state index in [2.05, 4.69) is 38.3 Å². The molecule has 0 aliphatic carbocycles. The molecule has 0 spiro atoms. The predicted octanol–water partition coefficient (Wildman–Crippen LogP) is 6.51. The maximum Gasteiger partial charge on any atom is 0.250 e. The van der Waals surface area contributed by atoms with Crippen LogP contribution in [-0.4, -0.2) is 70.4 Å². The van der Waals surface area contributed by atoms with Gasteiger partial charge in [0.2, 0.25) is 35.4 Å². The molecular weight excluding hydrogens is 795 g/mol. The zero-order valence-electron chi connectivity index (χ0n) is 35.5. The van der Waals surface area contributed by atoms with E-state index in [-0.39, 0.29) is 35.4 Å². The van der Waals surface area contributed by atoms with Crippen LogP contribution >= 0.6 is 0 Å². The van der Waals surface area contributed by atoms with Crippen LogP contribution in [0.15, 0.2) is 140 Å². The molecule has 7 rings (SSSR count). The van der Waals surface area contributed by atoms with E-state index in [1.807, 2.05) is 103 Å². The van der Waals surface area contributed by atoms with Gasteiger partial charge < -0.3 is 36.0 Å². The maximum absolute atomic E-state index is 13.8. The van der Waals surface area contributed by atoms with Gasteiger partial charge in [-0.1, -0.05) is 103 Å². The molecule has 0 bridgehead atoms. The summed E-state index contributed by atoms with van der Waals surface area (Å²) in [6, 6.07) is 40.4. The van der Waals surface area contributed by atoms with Crippen molar-refractivity contribution in [2.24, 2.45) is 0 Å². The standard InChI is InChI=1S/C50H53N7O6/c1-34(58)51-45(38-14-6-3-7-15-38)49(62)56-30-12-20-43(56)47(60)53-40-26-22-36(23-27-40)32-55(42-18-10-5-11-19-42)33-37-24-28-41(29-25-37)54-48(61)44-21-13-31-57(44)50(63)46(52-35(2)59)39-16-8-4-9-17-39/h3-11,14-19,22-29,43-46H,12-13,20-21,30-33H2,1-2H3,(H,51,58)(H,52,59)(H,53,60)(H,54,61)/t43-,44-,45+,46+/m0/s1. The van der Waals surface area contributed by atoms with Crippen molar-refractivity contribution >= 4 is 52.5 Å². The molecule has 0 saturated carbocycles. The summed E-state index contributed by atoms with van der Waals surface area (Å²) in [5.41, 5.74) is 5.60. The fourth-order valence-electron chi connectivity index (χ4n) is 8.37. The first-order valence-corrected chi connectivity index (χ1v) is 21.4. The van der Waals surface area contributed by atoms with Gasteiger partial charge in [0, 0.05) is 57.1 Å². The molecule has 2 aliphatic rings. The summed E-state index contributed by atoms with van der Waals surface area (Å²) in [6.07, 6.45) is 2.40. The lowest BCUT2D eigenvalue weighted by molar-refractivity contribution is -0.140. The minimum Gasteiger partial charge on any atom is -0.363 e. The Morgan fingerprint density at radius 2 is 0.889 bits per heavy atom. The van der Waals surface area contributed by atoms with Crippen molar-refractivity contribution in [2.45, 2.75) is 76.8 Å². The van der Waals surface area contributed by atoms with Gasteiger partial charge in [-0.3, -0.25) is 28.8 Å². The number of nitrogens with zero attached hydrogens (tertiary/aromatic N) is 3. The van der Waals surface area contributed by atoms with Crippen LogP contribution in [0.3, 0.4) is 0 Å². The van der Waals surface area contributed by atoms with Crippen LogP contribution in [-0.2, 0) is 41.9 Å². The number of nitrogens with one attached hydrogen (secondary N) is 4.